The van der Waals surface area contributed by atoms with E-state index in [0.717, 1.165) is 0 Å². The van der Waals surface area contributed by atoms with Crippen LogP contribution in [0.4, 0.5) is 0 Å². The summed E-state index contributed by atoms with van der Waals surface area (Å²) in [5.74, 6) is 6.78. The second kappa shape index (κ2) is 3.21. The molecule has 5 heavy (non-hydrogen) atoms. The van der Waals surface area contributed by atoms with E-state index >= 15 is 0 Å². The van der Waals surface area contributed by atoms with Crippen LogP contribution in [0.25, 0.3) is 0 Å². The summed E-state index contributed by atoms with van der Waals surface area (Å²) in [4.78, 5) is 0. The maximum atomic E-state index is 4.62. The normalized spacial score (nSPS) is 5.00. The van der Waals surface area contributed by atoms with E-state index in [2.05, 4.69) is 23.4 Å². The standard InChI is InChI=1S/C2H5N3/c1-2-4-5-3/h5H,1,3H2. The van der Waals surface area contributed by atoms with Crippen molar-refractivity contribution < 1.29 is 0 Å². The molecule has 0 bridgehead atoms. The van der Waals surface area contributed by atoms with Crippen molar-refractivity contribution in [1.29, 1.82) is 0 Å². The van der Waals surface area contributed by atoms with Gasteiger partial charge in [0.25, 0.3) is 0 Å². The smallest absolute Gasteiger partial charge is 0.00155 e. The molecule has 0 aromatic rings. The molecule has 3 N–H and O–H groups in total. The minimum absolute atomic E-state index is 1.97. The van der Waals surface area contributed by atoms with E-state index in [1.165, 1.54) is 0 Å². The van der Waals surface area contributed by atoms with Crippen LogP contribution in [-0.2, 0) is 0 Å². The predicted octanol–water partition coefficient (Wildman–Crippen LogP) is -0.780. The van der Waals surface area contributed by atoms with Crippen LogP contribution in [0, 0.1) is 0 Å². The van der Waals surface area contributed by atoms with Gasteiger partial charge in [-0.1, -0.05) is 0 Å². The Hall–Kier alpha value is -0.790. The van der Waals surface area contributed by atoms with Crippen LogP contribution in [0.3, 0.4) is 0 Å². The van der Waals surface area contributed by atoms with Crippen LogP contribution < -0.4 is 11.4 Å². The summed E-state index contributed by atoms with van der Waals surface area (Å²) in [6, 6.07) is 0. The summed E-state index contributed by atoms with van der Waals surface area (Å²) < 4.78 is 0. The zero-order chi connectivity index (χ0) is 4.12. The fraction of sp³-hybridized carbons (Fsp3) is 0. The molecular formula is C2H5N3. The van der Waals surface area contributed by atoms with Crippen molar-refractivity contribution in [3.63, 3.8) is 0 Å². The molecule has 0 aliphatic heterocycles. The Morgan fingerprint density at radius 1 is 2.00 bits per heavy atom. The molecule has 0 fully saturated rings. The first-order valence-electron chi connectivity index (χ1n) is 1.09. The van der Waals surface area contributed by atoms with Crippen LogP contribution in [-0.4, -0.2) is 5.87 Å². The molecule has 0 aromatic heterocycles. The van der Waals surface area contributed by atoms with Crippen molar-refractivity contribution in [2.24, 2.45) is 10.9 Å². The van der Waals surface area contributed by atoms with Crippen molar-refractivity contribution in [2.75, 3.05) is 0 Å². The molecule has 0 rings (SSSR count). The van der Waals surface area contributed by atoms with Crippen LogP contribution in [0.1, 0.15) is 0 Å². The fourth-order valence-corrected chi connectivity index (χ4v) is 0.0456. The fourth-order valence-electron chi connectivity index (χ4n) is 0.0456. The Balaban J connectivity index is 2.93. The first-order valence-corrected chi connectivity index (χ1v) is 1.09. The number of rotatable bonds is 1. The highest BCUT2D eigenvalue weighted by molar-refractivity contribution is 5.45. The highest BCUT2D eigenvalue weighted by Gasteiger charge is 1.38. The van der Waals surface area contributed by atoms with Gasteiger partial charge in [0.05, 0.1) is 0 Å². The molecule has 3 nitrogen and oxygen atoms in total. The molecule has 0 amide bonds. The highest BCUT2D eigenvalue weighted by Crippen LogP contribution is 1.28. The van der Waals surface area contributed by atoms with Crippen LogP contribution >= 0.6 is 0 Å². The number of hydrazone groups is 1. The van der Waals surface area contributed by atoms with E-state index in [-0.39, 0.29) is 0 Å². The summed E-state index contributed by atoms with van der Waals surface area (Å²) in [5.41, 5.74) is 1.97. The Morgan fingerprint density at radius 3 is 2.60 bits per heavy atom. The maximum absolute atomic E-state index is 4.62. The number of nitrogens with zero attached hydrogens (tertiary/aromatic N) is 1. The third-order valence-electron chi connectivity index (χ3n) is 0.144. The van der Waals surface area contributed by atoms with Gasteiger partial charge in [0.2, 0.25) is 0 Å². The highest BCUT2D eigenvalue weighted by atomic mass is 15.5. The molecule has 0 spiro atoms. The van der Waals surface area contributed by atoms with Crippen molar-refractivity contribution in [3.8, 4) is 0 Å². The first-order chi connectivity index (χ1) is 2.41. The molecule has 0 atom stereocenters. The molecular weight excluding hydrogens is 66.0 g/mol. The van der Waals surface area contributed by atoms with Gasteiger partial charge < -0.3 is 0 Å². The van der Waals surface area contributed by atoms with E-state index in [1.807, 2.05) is 5.53 Å². The summed E-state index contributed by atoms with van der Waals surface area (Å²) in [6.07, 6.45) is 0. The summed E-state index contributed by atoms with van der Waals surface area (Å²) in [5, 5.41) is 3.14. The van der Waals surface area contributed by atoms with E-state index in [4.69, 9.17) is 0 Å². The number of hydrazine groups is 1. The Kier molecular flexibility index (Phi) is 2.70. The van der Waals surface area contributed by atoms with E-state index < -0.39 is 0 Å². The lowest BCUT2D eigenvalue weighted by atomic mass is 11.2. The van der Waals surface area contributed by atoms with Gasteiger partial charge >= 0.3 is 0 Å². The molecule has 0 radical (unpaired) electrons. The Labute approximate surface area is 30.1 Å². The molecule has 0 aromatic carbocycles. The Morgan fingerprint density at radius 2 is 2.60 bits per heavy atom. The lowest BCUT2D eigenvalue weighted by Gasteiger charge is -1.72. The van der Waals surface area contributed by atoms with E-state index in [0.29, 0.717) is 0 Å². The molecule has 0 saturated heterocycles. The predicted molar refractivity (Wildman–Crippen MR) is 20.4 cm³/mol. The molecule has 0 saturated carbocycles. The van der Waals surface area contributed by atoms with E-state index in [1.54, 1.807) is 0 Å². The zero-order valence-electron chi connectivity index (χ0n) is 2.73. The lowest BCUT2D eigenvalue weighted by molar-refractivity contribution is 0.813. The van der Waals surface area contributed by atoms with Gasteiger partial charge in [-0.2, -0.15) is 0 Å². The molecule has 0 aliphatic rings. The number of nitrogens with one attached hydrogen (secondary N) is 1. The second-order valence-electron chi connectivity index (χ2n) is 0.399. The molecule has 0 heterocycles. The minimum atomic E-state index is 1.97. The number of nitrogens with two attached hydrogens (primary N) is 1. The number of hydrogen-bond donors (Lipinski definition) is 2. The third kappa shape index (κ3) is 3.21. The SMILES string of the molecule is C=C=NNN. The third-order valence-corrected chi connectivity index (χ3v) is 0.144. The zero-order valence-corrected chi connectivity index (χ0v) is 2.73. The van der Waals surface area contributed by atoms with Gasteiger partial charge in [0.1, 0.15) is 0 Å². The average Bonchev–Trinajstić information content (AvgIpc) is 1.41. The van der Waals surface area contributed by atoms with Gasteiger partial charge in [-0.3, -0.25) is 0 Å². The van der Waals surface area contributed by atoms with Gasteiger partial charge in [0.15, 0.2) is 0 Å². The number of hydrogen-bond acceptors (Lipinski definition) is 3. The maximum Gasteiger partial charge on any atom is 0.00155 e. The van der Waals surface area contributed by atoms with Crippen LogP contribution in [0.2, 0.25) is 0 Å². The summed E-state index contributed by atoms with van der Waals surface area (Å²) in [6.45, 7) is 3.12. The first kappa shape index (κ1) is 4.21. The molecule has 28 valence electrons. The van der Waals surface area contributed by atoms with Crippen molar-refractivity contribution in [2.45, 2.75) is 0 Å². The quantitative estimate of drug-likeness (QED) is 0.242. The van der Waals surface area contributed by atoms with Gasteiger partial charge in [0, 0.05) is 5.87 Å². The molecule has 0 unspecified atom stereocenters. The summed E-state index contributed by atoms with van der Waals surface area (Å²) in [7, 11) is 0. The van der Waals surface area contributed by atoms with Gasteiger partial charge in [-0.05, 0) is 6.58 Å². The summed E-state index contributed by atoms with van der Waals surface area (Å²) >= 11 is 0. The van der Waals surface area contributed by atoms with E-state index in [9.17, 15) is 0 Å². The van der Waals surface area contributed by atoms with Gasteiger partial charge in [-0.15, -0.1) is 5.10 Å². The topological polar surface area (TPSA) is 50.4 Å². The lowest BCUT2D eigenvalue weighted by Crippen LogP contribution is -2.12. The molecule has 3 heteroatoms. The van der Waals surface area contributed by atoms with Crippen molar-refractivity contribution in [1.82, 2.24) is 5.53 Å². The minimum Gasteiger partial charge on any atom is -0.238 e. The van der Waals surface area contributed by atoms with Gasteiger partial charge in [-0.25, -0.2) is 11.4 Å². The van der Waals surface area contributed by atoms with Crippen LogP contribution in [0.5, 0.6) is 0 Å². The van der Waals surface area contributed by atoms with Crippen molar-refractivity contribution in [3.05, 3.63) is 6.58 Å². The largest absolute Gasteiger partial charge is 0.238 e. The second-order valence-corrected chi connectivity index (χ2v) is 0.399. The van der Waals surface area contributed by atoms with Crippen molar-refractivity contribution >= 4 is 5.87 Å². The average molecular weight is 71.1 g/mol. The molecule has 0 aliphatic carbocycles. The monoisotopic (exact) mass is 71.0 g/mol. The van der Waals surface area contributed by atoms with Crippen LogP contribution in [0.15, 0.2) is 11.7 Å². The Bertz CT molecular complexity index is 51.9.